The zero-order valence-electron chi connectivity index (χ0n) is 9.00. The first-order valence-electron chi connectivity index (χ1n) is 4.70. The van der Waals surface area contributed by atoms with Crippen molar-refractivity contribution in [1.82, 2.24) is 0 Å². The van der Waals surface area contributed by atoms with Crippen LogP contribution in [-0.2, 0) is 9.59 Å². The third kappa shape index (κ3) is 1.72. The van der Waals surface area contributed by atoms with Gasteiger partial charge in [0, 0.05) is 11.5 Å². The van der Waals surface area contributed by atoms with Gasteiger partial charge in [0.1, 0.15) is 5.78 Å². The Morgan fingerprint density at radius 1 is 1.29 bits per heavy atom. The average Bonchev–Trinajstić information content (AvgIpc) is 2.52. The highest BCUT2D eigenvalue weighted by Crippen LogP contribution is 2.59. The minimum atomic E-state index is -0.907. The highest BCUT2D eigenvalue weighted by Gasteiger charge is 2.58. The van der Waals surface area contributed by atoms with Gasteiger partial charge in [0.2, 0.25) is 0 Å². The van der Waals surface area contributed by atoms with Crippen molar-refractivity contribution in [3.05, 3.63) is 11.6 Å². The predicted octanol–water partition coefficient (Wildman–Crippen LogP) is 1.88. The van der Waals surface area contributed by atoms with Crippen LogP contribution in [0.25, 0.3) is 0 Å². The first-order valence-corrected chi connectivity index (χ1v) is 4.70. The van der Waals surface area contributed by atoms with Gasteiger partial charge in [0.05, 0.1) is 0 Å². The number of hydrogen-bond donors (Lipinski definition) is 1. The Morgan fingerprint density at radius 2 is 1.79 bits per heavy atom. The summed E-state index contributed by atoms with van der Waals surface area (Å²) >= 11 is 0. The normalized spacial score (nSPS) is 29.9. The zero-order valence-corrected chi connectivity index (χ0v) is 9.00. The number of hydrogen-bond acceptors (Lipinski definition) is 2. The fourth-order valence-corrected chi connectivity index (χ4v) is 2.11. The number of ketones is 1. The van der Waals surface area contributed by atoms with E-state index in [2.05, 4.69) is 0 Å². The summed E-state index contributed by atoms with van der Waals surface area (Å²) in [6.45, 7) is 7.12. The van der Waals surface area contributed by atoms with Gasteiger partial charge < -0.3 is 5.11 Å². The summed E-state index contributed by atoms with van der Waals surface area (Å²) in [5, 5.41) is 8.70. The number of carboxylic acids is 1. The first kappa shape index (κ1) is 11.0. The van der Waals surface area contributed by atoms with Gasteiger partial charge in [-0.1, -0.05) is 19.9 Å². The van der Waals surface area contributed by atoms with Crippen molar-refractivity contribution in [1.29, 1.82) is 0 Å². The van der Waals surface area contributed by atoms with Gasteiger partial charge in [-0.15, -0.1) is 0 Å². The number of rotatable bonds is 3. The number of carbonyl (C=O) groups excluding carboxylic acids is 1. The summed E-state index contributed by atoms with van der Waals surface area (Å²) in [5.41, 5.74) is 0.259. The van der Waals surface area contributed by atoms with Gasteiger partial charge in [-0.25, -0.2) is 4.79 Å². The maximum Gasteiger partial charge on any atom is 0.330 e. The van der Waals surface area contributed by atoms with Crippen LogP contribution in [0.3, 0.4) is 0 Å². The third-order valence-corrected chi connectivity index (χ3v) is 3.12. The van der Waals surface area contributed by atoms with Crippen molar-refractivity contribution in [3.63, 3.8) is 0 Å². The molecule has 0 saturated heterocycles. The van der Waals surface area contributed by atoms with Crippen molar-refractivity contribution in [2.45, 2.75) is 27.7 Å². The summed E-state index contributed by atoms with van der Waals surface area (Å²) in [4.78, 5) is 21.8. The number of carbonyl (C=O) groups is 2. The number of carboxylic acid groups (broad SMARTS) is 1. The quantitative estimate of drug-likeness (QED) is 0.701. The van der Waals surface area contributed by atoms with E-state index in [-0.39, 0.29) is 23.0 Å². The molecule has 14 heavy (non-hydrogen) atoms. The molecule has 1 aliphatic rings. The summed E-state index contributed by atoms with van der Waals surface area (Å²) < 4.78 is 0. The second-order valence-corrected chi connectivity index (χ2v) is 4.59. The van der Waals surface area contributed by atoms with Crippen LogP contribution in [0.2, 0.25) is 0 Å². The molecule has 0 aromatic rings. The molecule has 0 amide bonds. The van der Waals surface area contributed by atoms with Crippen LogP contribution in [-0.4, -0.2) is 16.9 Å². The van der Waals surface area contributed by atoms with Crippen LogP contribution in [0, 0.1) is 17.3 Å². The van der Waals surface area contributed by atoms with E-state index in [9.17, 15) is 9.59 Å². The molecule has 0 bridgehead atoms. The molecule has 1 N–H and O–H groups in total. The molecule has 3 nitrogen and oxygen atoms in total. The fourth-order valence-electron chi connectivity index (χ4n) is 2.11. The third-order valence-electron chi connectivity index (χ3n) is 3.12. The van der Waals surface area contributed by atoms with Crippen LogP contribution < -0.4 is 0 Å². The van der Waals surface area contributed by atoms with E-state index in [1.54, 1.807) is 19.9 Å². The molecule has 0 radical (unpaired) electrons. The Morgan fingerprint density at radius 3 is 2.07 bits per heavy atom. The fraction of sp³-hybridized carbons (Fsp3) is 0.636. The van der Waals surface area contributed by atoms with Crippen LogP contribution in [0.4, 0.5) is 0 Å². The number of allylic oxidation sites excluding steroid dienone is 1. The SMILES string of the molecule is CC(=O)C1C(/C=C(\C)C(=O)O)C1(C)C. The van der Waals surface area contributed by atoms with Crippen LogP contribution in [0.15, 0.2) is 11.6 Å². The molecule has 0 aromatic heterocycles. The van der Waals surface area contributed by atoms with E-state index in [1.165, 1.54) is 0 Å². The van der Waals surface area contributed by atoms with Crippen LogP contribution in [0.1, 0.15) is 27.7 Å². The maximum absolute atomic E-state index is 11.2. The topological polar surface area (TPSA) is 54.4 Å². The molecule has 2 atom stereocenters. The molecule has 0 spiro atoms. The Bertz CT molecular complexity index is 312. The lowest BCUT2D eigenvalue weighted by atomic mass is 10.1. The van der Waals surface area contributed by atoms with Crippen LogP contribution >= 0.6 is 0 Å². The Balaban J connectivity index is 2.80. The molecule has 0 aliphatic heterocycles. The lowest BCUT2D eigenvalue weighted by Gasteiger charge is -1.97. The molecule has 2 unspecified atom stereocenters. The monoisotopic (exact) mass is 196 g/mol. The summed E-state index contributed by atoms with van der Waals surface area (Å²) in [5.74, 6) is -0.669. The molecule has 1 rings (SSSR count). The van der Waals surface area contributed by atoms with Crippen molar-refractivity contribution >= 4 is 11.8 Å². The van der Waals surface area contributed by atoms with Crippen molar-refractivity contribution in [2.75, 3.05) is 0 Å². The highest BCUT2D eigenvalue weighted by molar-refractivity contribution is 5.87. The van der Waals surface area contributed by atoms with E-state index in [4.69, 9.17) is 5.11 Å². The van der Waals surface area contributed by atoms with E-state index in [0.29, 0.717) is 5.57 Å². The van der Waals surface area contributed by atoms with E-state index < -0.39 is 5.97 Å². The molecule has 0 aromatic carbocycles. The summed E-state index contributed by atoms with van der Waals surface area (Å²) in [6.07, 6.45) is 1.70. The van der Waals surface area contributed by atoms with Gasteiger partial charge in [-0.05, 0) is 25.2 Å². The van der Waals surface area contributed by atoms with E-state index in [0.717, 1.165) is 0 Å². The van der Waals surface area contributed by atoms with E-state index in [1.807, 2.05) is 13.8 Å². The summed E-state index contributed by atoms with van der Waals surface area (Å²) in [7, 11) is 0. The second kappa shape index (κ2) is 3.23. The van der Waals surface area contributed by atoms with Crippen molar-refractivity contribution in [3.8, 4) is 0 Å². The zero-order chi connectivity index (χ0) is 11.1. The minimum Gasteiger partial charge on any atom is -0.478 e. The summed E-state index contributed by atoms with van der Waals surface area (Å²) in [6, 6.07) is 0. The van der Waals surface area contributed by atoms with Gasteiger partial charge in [-0.3, -0.25) is 4.79 Å². The average molecular weight is 196 g/mol. The van der Waals surface area contributed by atoms with Gasteiger partial charge in [0.25, 0.3) is 0 Å². The number of Topliss-reactive ketones (excluding diaryl/α,β-unsaturated/α-hetero) is 1. The largest absolute Gasteiger partial charge is 0.478 e. The first-order chi connectivity index (χ1) is 6.28. The smallest absolute Gasteiger partial charge is 0.330 e. The molecular formula is C11H16O3. The maximum atomic E-state index is 11.2. The molecule has 1 aliphatic carbocycles. The molecule has 3 heteroatoms. The lowest BCUT2D eigenvalue weighted by Crippen LogP contribution is -1.99. The lowest BCUT2D eigenvalue weighted by molar-refractivity contribution is -0.132. The van der Waals surface area contributed by atoms with Crippen molar-refractivity contribution in [2.24, 2.45) is 17.3 Å². The van der Waals surface area contributed by atoms with Crippen LogP contribution in [0.5, 0.6) is 0 Å². The molecule has 78 valence electrons. The van der Waals surface area contributed by atoms with Gasteiger partial charge >= 0.3 is 5.97 Å². The molecule has 1 saturated carbocycles. The van der Waals surface area contributed by atoms with Gasteiger partial charge in [-0.2, -0.15) is 0 Å². The molecule has 0 heterocycles. The minimum absolute atomic E-state index is 0.00296. The predicted molar refractivity (Wildman–Crippen MR) is 52.8 cm³/mol. The second-order valence-electron chi connectivity index (χ2n) is 4.59. The Hall–Kier alpha value is -1.12. The van der Waals surface area contributed by atoms with Crippen molar-refractivity contribution < 1.29 is 14.7 Å². The standard InChI is InChI=1S/C11H16O3/c1-6(10(13)14)5-8-9(7(2)12)11(8,3)4/h5,8-9H,1-4H3,(H,13,14)/b6-5+. The Kier molecular flexibility index (Phi) is 2.52. The Labute approximate surface area is 83.8 Å². The van der Waals surface area contributed by atoms with Gasteiger partial charge in [0.15, 0.2) is 0 Å². The molecular weight excluding hydrogens is 180 g/mol. The van der Waals surface area contributed by atoms with E-state index >= 15 is 0 Å². The number of aliphatic carboxylic acids is 1. The molecule has 1 fully saturated rings. The highest BCUT2D eigenvalue weighted by atomic mass is 16.4.